The molecule has 280 valence electrons. The van der Waals surface area contributed by atoms with Crippen LogP contribution >= 0.6 is 0 Å². The Morgan fingerprint density at radius 2 is 1.54 bits per heavy atom. The zero-order valence-electron chi connectivity index (χ0n) is 33.0. The fraction of sp³-hybridized carbons (Fsp3) is 0.420. The van der Waals surface area contributed by atoms with Crippen molar-refractivity contribution in [1.29, 1.82) is 0 Å². The first-order valence-corrected chi connectivity index (χ1v) is 20.9. The average molecular weight is 719 g/mol. The van der Waals surface area contributed by atoms with Gasteiger partial charge < -0.3 is 9.47 Å². The van der Waals surface area contributed by atoms with Crippen molar-refractivity contribution in [2.75, 3.05) is 26.4 Å². The smallest absolute Gasteiger partial charge is 0.145 e. The molecule has 0 saturated carbocycles. The highest BCUT2D eigenvalue weighted by Crippen LogP contribution is 2.50. The molecule has 0 radical (unpaired) electrons. The molecule has 54 heavy (non-hydrogen) atoms. The lowest BCUT2D eigenvalue weighted by molar-refractivity contribution is 0.0842. The SMILES string of the molecule is C=CC(CC)C(C)(CC)c1cccc2c3ccccc3n3c(-c4c(C5CCOCC5)cc(-c5ccccc5)c(CCCC)c4C4CCOCC4)cnc3c12. The number of rotatable bonds is 12. The Bertz CT molecular complexity index is 2260. The molecule has 4 nitrogen and oxygen atoms in total. The van der Waals surface area contributed by atoms with Crippen LogP contribution in [0.25, 0.3) is 49.7 Å². The van der Waals surface area contributed by atoms with E-state index in [-0.39, 0.29) is 5.41 Å². The van der Waals surface area contributed by atoms with Crippen LogP contribution in [0.2, 0.25) is 0 Å². The van der Waals surface area contributed by atoms with Crippen molar-refractivity contribution in [2.45, 2.75) is 103 Å². The second-order valence-corrected chi connectivity index (χ2v) is 16.1. The summed E-state index contributed by atoms with van der Waals surface area (Å²) in [4.78, 5) is 5.53. The molecule has 0 amide bonds. The van der Waals surface area contributed by atoms with E-state index in [9.17, 15) is 0 Å². The molecular formula is C50H58N2O2. The Labute approximate surface area is 322 Å². The summed E-state index contributed by atoms with van der Waals surface area (Å²) in [7, 11) is 0. The number of para-hydroxylation sites is 1. The van der Waals surface area contributed by atoms with Gasteiger partial charge in [-0.3, -0.25) is 4.40 Å². The molecule has 8 rings (SSSR count). The van der Waals surface area contributed by atoms with Crippen LogP contribution in [0.4, 0.5) is 0 Å². The van der Waals surface area contributed by atoms with E-state index in [0.717, 1.165) is 89.9 Å². The largest absolute Gasteiger partial charge is 0.381 e. The third-order valence-corrected chi connectivity index (χ3v) is 13.3. The van der Waals surface area contributed by atoms with Gasteiger partial charge in [-0.05, 0) is 125 Å². The van der Waals surface area contributed by atoms with Crippen LogP contribution < -0.4 is 0 Å². The molecule has 0 spiro atoms. The van der Waals surface area contributed by atoms with Crippen LogP contribution in [0.15, 0.2) is 97.7 Å². The Morgan fingerprint density at radius 3 is 2.22 bits per heavy atom. The van der Waals surface area contributed by atoms with Gasteiger partial charge >= 0.3 is 0 Å². The molecule has 4 aromatic carbocycles. The van der Waals surface area contributed by atoms with Gasteiger partial charge in [0, 0.05) is 42.8 Å². The van der Waals surface area contributed by atoms with Gasteiger partial charge in [0.2, 0.25) is 0 Å². The fourth-order valence-electron chi connectivity index (χ4n) is 10.2. The van der Waals surface area contributed by atoms with Crippen molar-refractivity contribution in [1.82, 2.24) is 9.38 Å². The number of nitrogens with zero attached hydrogens (tertiary/aromatic N) is 2. The minimum atomic E-state index is -0.0871. The van der Waals surface area contributed by atoms with E-state index < -0.39 is 0 Å². The highest BCUT2D eigenvalue weighted by atomic mass is 16.5. The van der Waals surface area contributed by atoms with Gasteiger partial charge in [-0.15, -0.1) is 6.58 Å². The molecule has 2 aliphatic heterocycles. The van der Waals surface area contributed by atoms with Crippen molar-refractivity contribution < 1.29 is 9.47 Å². The topological polar surface area (TPSA) is 35.8 Å². The van der Waals surface area contributed by atoms with Crippen LogP contribution in [0.5, 0.6) is 0 Å². The van der Waals surface area contributed by atoms with Gasteiger partial charge in [0.15, 0.2) is 0 Å². The number of unbranched alkanes of at least 4 members (excludes halogenated alkanes) is 1. The standard InChI is InChI=1S/C50H58N2O2/c1-6-10-19-40-41(34-17-12-11-13-18-34)32-42(35-24-28-53-29-25-35)48(46(40)36-26-30-54-31-27-36)45-33-51-49-47-39(38-20-14-15-23-44(38)52(45)49)21-16-22-43(47)50(5,9-4)37(7-2)8-3/h7,11-18,20-23,32-33,35-37H,2,6,8-10,19,24-31H2,1,3-5H3. The van der Waals surface area contributed by atoms with Crippen LogP contribution in [0.3, 0.4) is 0 Å². The third kappa shape index (κ3) is 6.30. The molecule has 2 atom stereocenters. The van der Waals surface area contributed by atoms with E-state index in [0.29, 0.717) is 17.8 Å². The first kappa shape index (κ1) is 36.7. The molecule has 0 bridgehead atoms. The van der Waals surface area contributed by atoms with E-state index in [2.05, 4.69) is 130 Å². The van der Waals surface area contributed by atoms with Gasteiger partial charge in [-0.2, -0.15) is 0 Å². The Kier molecular flexibility index (Phi) is 10.8. The predicted molar refractivity (Wildman–Crippen MR) is 227 cm³/mol. The second kappa shape index (κ2) is 15.8. The minimum Gasteiger partial charge on any atom is -0.381 e. The van der Waals surface area contributed by atoms with E-state index in [1.165, 1.54) is 60.8 Å². The third-order valence-electron chi connectivity index (χ3n) is 13.3. The molecule has 4 heterocycles. The van der Waals surface area contributed by atoms with Crippen molar-refractivity contribution in [2.24, 2.45) is 5.92 Å². The maximum absolute atomic E-state index is 6.06. The Balaban J connectivity index is 1.53. The molecule has 6 aromatic rings. The normalized spacial score (nSPS) is 17.6. The van der Waals surface area contributed by atoms with E-state index in [1.807, 2.05) is 0 Å². The summed E-state index contributed by atoms with van der Waals surface area (Å²) in [5.41, 5.74) is 13.5. The summed E-state index contributed by atoms with van der Waals surface area (Å²) in [6, 6.07) is 29.8. The number of aromatic nitrogens is 2. The lowest BCUT2D eigenvalue weighted by Gasteiger charge is -2.36. The summed E-state index contributed by atoms with van der Waals surface area (Å²) in [6.45, 7) is 17.0. The number of ether oxygens (including phenoxy) is 2. The molecule has 0 aliphatic carbocycles. The quantitative estimate of drug-likeness (QED) is 0.0933. The minimum absolute atomic E-state index is 0.0871. The number of benzene rings is 4. The number of fused-ring (bicyclic) bond motifs is 6. The van der Waals surface area contributed by atoms with E-state index >= 15 is 0 Å². The summed E-state index contributed by atoms with van der Waals surface area (Å²) in [5.74, 6) is 1.17. The van der Waals surface area contributed by atoms with Crippen LogP contribution in [-0.2, 0) is 21.3 Å². The molecule has 4 heteroatoms. The van der Waals surface area contributed by atoms with Gasteiger partial charge in [-0.1, -0.05) is 107 Å². The zero-order valence-corrected chi connectivity index (χ0v) is 33.0. The van der Waals surface area contributed by atoms with Crippen LogP contribution in [0, 0.1) is 5.92 Å². The van der Waals surface area contributed by atoms with Crippen molar-refractivity contribution in [3.63, 3.8) is 0 Å². The molecule has 2 aliphatic rings. The molecule has 2 fully saturated rings. The number of hydrogen-bond acceptors (Lipinski definition) is 3. The lowest BCUT2D eigenvalue weighted by atomic mass is 9.67. The predicted octanol–water partition coefficient (Wildman–Crippen LogP) is 13.0. The van der Waals surface area contributed by atoms with Gasteiger partial charge in [0.25, 0.3) is 0 Å². The Hall–Kier alpha value is -4.25. The maximum Gasteiger partial charge on any atom is 0.145 e. The molecule has 2 unspecified atom stereocenters. The highest BCUT2D eigenvalue weighted by Gasteiger charge is 2.36. The number of imidazole rings is 1. The van der Waals surface area contributed by atoms with E-state index in [4.69, 9.17) is 14.5 Å². The maximum atomic E-state index is 6.06. The molecule has 0 N–H and O–H groups in total. The zero-order chi connectivity index (χ0) is 37.2. The van der Waals surface area contributed by atoms with Gasteiger partial charge in [0.1, 0.15) is 5.65 Å². The molecule has 2 aromatic heterocycles. The first-order chi connectivity index (χ1) is 26.5. The van der Waals surface area contributed by atoms with Crippen LogP contribution in [-0.4, -0.2) is 35.8 Å². The van der Waals surface area contributed by atoms with E-state index in [1.54, 1.807) is 5.56 Å². The average Bonchev–Trinajstić information content (AvgIpc) is 3.68. The molecular weight excluding hydrogens is 661 g/mol. The van der Waals surface area contributed by atoms with Crippen molar-refractivity contribution in [3.8, 4) is 22.4 Å². The second-order valence-electron chi connectivity index (χ2n) is 16.1. The Morgan fingerprint density at radius 1 is 0.852 bits per heavy atom. The summed E-state index contributed by atoms with van der Waals surface area (Å²) in [5, 5.41) is 3.83. The fourth-order valence-corrected chi connectivity index (χ4v) is 10.2. The highest BCUT2D eigenvalue weighted by molar-refractivity contribution is 6.14. The lowest BCUT2D eigenvalue weighted by Crippen LogP contribution is -2.30. The monoisotopic (exact) mass is 718 g/mol. The number of allylic oxidation sites excluding steroid dienone is 1. The summed E-state index contributed by atoms with van der Waals surface area (Å²) in [6.07, 6.45) is 14.0. The number of hydrogen-bond donors (Lipinski definition) is 0. The first-order valence-electron chi connectivity index (χ1n) is 20.9. The van der Waals surface area contributed by atoms with Crippen molar-refractivity contribution in [3.05, 3.63) is 120 Å². The summed E-state index contributed by atoms with van der Waals surface area (Å²) < 4.78 is 14.6. The van der Waals surface area contributed by atoms with Gasteiger partial charge in [0.05, 0.1) is 17.4 Å². The summed E-state index contributed by atoms with van der Waals surface area (Å²) >= 11 is 0. The van der Waals surface area contributed by atoms with Crippen LogP contribution in [0.1, 0.15) is 113 Å². The molecule has 2 saturated heterocycles. The number of pyridine rings is 1. The van der Waals surface area contributed by atoms with Gasteiger partial charge in [-0.25, -0.2) is 4.98 Å². The van der Waals surface area contributed by atoms with Crippen molar-refractivity contribution >= 4 is 27.3 Å².